The predicted octanol–water partition coefficient (Wildman–Crippen LogP) is 1.48. The number of rotatable bonds is 3. The zero-order chi connectivity index (χ0) is 15.8. The van der Waals surface area contributed by atoms with Gasteiger partial charge >= 0.3 is 5.56 Å². The van der Waals surface area contributed by atoms with Crippen molar-refractivity contribution in [2.24, 2.45) is 0 Å². The predicted molar refractivity (Wildman–Crippen MR) is 83.2 cm³/mol. The number of benzene rings is 1. The molecule has 0 bridgehead atoms. The maximum Gasteiger partial charge on any atom is 0.301 e. The lowest BCUT2D eigenvalue weighted by Crippen LogP contribution is -2.19. The SMILES string of the molecule is COc1ccc(-c2c[nH]n3c(=O)c(-c4ccn[nH]4)nnc23)cc1. The first-order chi connectivity index (χ1) is 11.3. The monoisotopic (exact) mass is 308 g/mol. The number of H-pyrrole nitrogens is 2. The summed E-state index contributed by atoms with van der Waals surface area (Å²) in [5.74, 6) is 0.762. The Bertz CT molecular complexity index is 1010. The molecule has 23 heavy (non-hydrogen) atoms. The van der Waals surface area contributed by atoms with Gasteiger partial charge in [0.25, 0.3) is 0 Å². The Labute approximate surface area is 129 Å². The number of methoxy groups -OCH3 is 1. The van der Waals surface area contributed by atoms with E-state index in [-0.39, 0.29) is 11.3 Å². The van der Waals surface area contributed by atoms with E-state index in [9.17, 15) is 4.79 Å². The normalized spacial score (nSPS) is 11.0. The molecule has 0 amide bonds. The van der Waals surface area contributed by atoms with Crippen molar-refractivity contribution in [3.8, 4) is 28.3 Å². The van der Waals surface area contributed by atoms with Crippen LogP contribution in [0, 0.1) is 0 Å². The van der Waals surface area contributed by atoms with Crippen molar-refractivity contribution in [3.63, 3.8) is 0 Å². The van der Waals surface area contributed by atoms with Crippen LogP contribution in [0.25, 0.3) is 28.2 Å². The molecule has 0 fully saturated rings. The van der Waals surface area contributed by atoms with Crippen molar-refractivity contribution >= 4 is 5.65 Å². The van der Waals surface area contributed by atoms with E-state index in [4.69, 9.17) is 4.74 Å². The van der Waals surface area contributed by atoms with Crippen LogP contribution >= 0.6 is 0 Å². The van der Waals surface area contributed by atoms with Crippen molar-refractivity contribution in [3.05, 3.63) is 53.1 Å². The van der Waals surface area contributed by atoms with Gasteiger partial charge in [0.15, 0.2) is 11.3 Å². The van der Waals surface area contributed by atoms with E-state index in [1.807, 2.05) is 24.3 Å². The van der Waals surface area contributed by atoms with Gasteiger partial charge in [0, 0.05) is 18.0 Å². The molecule has 0 atom stereocenters. The van der Waals surface area contributed by atoms with Gasteiger partial charge in [0.1, 0.15) is 5.75 Å². The number of hydrogen-bond donors (Lipinski definition) is 2. The summed E-state index contributed by atoms with van der Waals surface area (Å²) >= 11 is 0. The van der Waals surface area contributed by atoms with Crippen molar-refractivity contribution < 1.29 is 4.74 Å². The number of aromatic nitrogens is 6. The minimum absolute atomic E-state index is 0.211. The second kappa shape index (κ2) is 5.09. The first-order valence-electron chi connectivity index (χ1n) is 6.89. The molecule has 8 nitrogen and oxygen atoms in total. The quantitative estimate of drug-likeness (QED) is 0.597. The highest BCUT2D eigenvalue weighted by Crippen LogP contribution is 2.24. The van der Waals surface area contributed by atoms with Crippen LogP contribution in [0.5, 0.6) is 5.75 Å². The summed E-state index contributed by atoms with van der Waals surface area (Å²) in [5.41, 5.74) is 2.60. The number of fused-ring (bicyclic) bond motifs is 1. The second-order valence-corrected chi connectivity index (χ2v) is 4.90. The van der Waals surface area contributed by atoms with E-state index in [0.29, 0.717) is 11.3 Å². The highest BCUT2D eigenvalue weighted by atomic mass is 16.5. The van der Waals surface area contributed by atoms with E-state index in [0.717, 1.165) is 16.9 Å². The summed E-state index contributed by atoms with van der Waals surface area (Å²) in [6.07, 6.45) is 3.28. The summed E-state index contributed by atoms with van der Waals surface area (Å²) in [6, 6.07) is 9.17. The van der Waals surface area contributed by atoms with Crippen LogP contribution in [-0.4, -0.2) is 37.1 Å². The van der Waals surface area contributed by atoms with E-state index >= 15 is 0 Å². The highest BCUT2D eigenvalue weighted by molar-refractivity contribution is 5.77. The number of hydrogen-bond acceptors (Lipinski definition) is 5. The third kappa shape index (κ3) is 2.08. The zero-order valence-corrected chi connectivity index (χ0v) is 12.1. The zero-order valence-electron chi connectivity index (χ0n) is 12.1. The molecule has 0 saturated heterocycles. The summed E-state index contributed by atoms with van der Waals surface area (Å²) in [4.78, 5) is 12.5. The van der Waals surface area contributed by atoms with Crippen LogP contribution in [0.1, 0.15) is 0 Å². The summed E-state index contributed by atoms with van der Waals surface area (Å²) in [7, 11) is 1.61. The van der Waals surface area contributed by atoms with E-state index in [1.165, 1.54) is 4.52 Å². The maximum absolute atomic E-state index is 12.5. The first kappa shape index (κ1) is 13.3. The van der Waals surface area contributed by atoms with Gasteiger partial charge in [-0.15, -0.1) is 10.2 Å². The van der Waals surface area contributed by atoms with Crippen molar-refractivity contribution in [1.82, 2.24) is 30.0 Å². The van der Waals surface area contributed by atoms with Crippen molar-refractivity contribution in [1.29, 1.82) is 0 Å². The summed E-state index contributed by atoms with van der Waals surface area (Å²) < 4.78 is 6.51. The molecule has 0 aliphatic heterocycles. The molecule has 4 aromatic rings. The van der Waals surface area contributed by atoms with Crippen LogP contribution in [0.4, 0.5) is 0 Å². The van der Waals surface area contributed by atoms with Crippen molar-refractivity contribution in [2.45, 2.75) is 0 Å². The smallest absolute Gasteiger partial charge is 0.301 e. The lowest BCUT2D eigenvalue weighted by Gasteiger charge is -2.02. The number of nitrogens with zero attached hydrogens (tertiary/aromatic N) is 4. The fraction of sp³-hybridized carbons (Fsp3) is 0.0667. The fourth-order valence-electron chi connectivity index (χ4n) is 2.41. The van der Waals surface area contributed by atoms with Crippen LogP contribution in [0.2, 0.25) is 0 Å². The van der Waals surface area contributed by atoms with Gasteiger partial charge in [-0.25, -0.2) is 0 Å². The van der Waals surface area contributed by atoms with Crippen LogP contribution in [-0.2, 0) is 0 Å². The standard InChI is InChI=1S/C15H12N6O2/c1-23-10-4-2-9(3-5-10)11-8-17-21-14(11)20-19-13(15(21)22)12-6-7-16-18-12/h2-8,17H,1H3,(H,16,18). The molecule has 3 heterocycles. The van der Waals surface area contributed by atoms with Gasteiger partial charge in [0.05, 0.1) is 12.8 Å². The fourth-order valence-corrected chi connectivity index (χ4v) is 2.41. The van der Waals surface area contributed by atoms with Gasteiger partial charge in [-0.05, 0) is 23.8 Å². The lowest BCUT2D eigenvalue weighted by atomic mass is 10.1. The largest absolute Gasteiger partial charge is 0.497 e. The lowest BCUT2D eigenvalue weighted by molar-refractivity contribution is 0.415. The second-order valence-electron chi connectivity index (χ2n) is 4.90. The molecule has 3 aromatic heterocycles. The number of aromatic amines is 2. The highest BCUT2D eigenvalue weighted by Gasteiger charge is 2.15. The molecule has 4 rings (SSSR count). The van der Waals surface area contributed by atoms with Gasteiger partial charge in [0.2, 0.25) is 0 Å². The minimum Gasteiger partial charge on any atom is -0.497 e. The average molecular weight is 308 g/mol. The maximum atomic E-state index is 12.5. The van der Waals surface area contributed by atoms with Crippen LogP contribution < -0.4 is 10.3 Å². The molecule has 2 N–H and O–H groups in total. The average Bonchev–Trinajstić information content (AvgIpc) is 3.25. The first-order valence-corrected chi connectivity index (χ1v) is 6.89. The summed E-state index contributed by atoms with van der Waals surface area (Å²) in [6.45, 7) is 0. The van der Waals surface area contributed by atoms with E-state index in [1.54, 1.807) is 25.6 Å². The van der Waals surface area contributed by atoms with Crippen molar-refractivity contribution in [2.75, 3.05) is 7.11 Å². The molecule has 0 aliphatic rings. The molecule has 114 valence electrons. The van der Waals surface area contributed by atoms with E-state index in [2.05, 4.69) is 25.5 Å². The molecular formula is C15H12N6O2. The summed E-state index contributed by atoms with van der Waals surface area (Å²) in [5, 5.41) is 17.7. The molecule has 1 aromatic carbocycles. The molecule has 0 saturated carbocycles. The van der Waals surface area contributed by atoms with Crippen LogP contribution in [0.15, 0.2) is 47.5 Å². The molecule has 8 heteroatoms. The van der Waals surface area contributed by atoms with Gasteiger partial charge in [-0.2, -0.15) is 9.61 Å². The Morgan fingerprint density at radius 2 is 1.96 bits per heavy atom. The van der Waals surface area contributed by atoms with Crippen LogP contribution in [0.3, 0.4) is 0 Å². The Balaban J connectivity index is 1.87. The van der Waals surface area contributed by atoms with Gasteiger partial charge < -0.3 is 4.74 Å². The third-order valence-electron chi connectivity index (χ3n) is 3.60. The minimum atomic E-state index is -0.293. The number of ether oxygens (including phenoxy) is 1. The molecule has 0 aliphatic carbocycles. The van der Waals surface area contributed by atoms with Gasteiger partial charge in [-0.1, -0.05) is 12.1 Å². The molecule has 0 spiro atoms. The molecule has 0 unspecified atom stereocenters. The topological polar surface area (TPSA) is 101 Å². The number of nitrogens with one attached hydrogen (secondary N) is 2. The Morgan fingerprint density at radius 1 is 1.13 bits per heavy atom. The Kier molecular flexibility index (Phi) is 2.94. The third-order valence-corrected chi connectivity index (χ3v) is 3.60. The van der Waals surface area contributed by atoms with Gasteiger partial charge in [-0.3, -0.25) is 15.0 Å². The van der Waals surface area contributed by atoms with E-state index < -0.39 is 0 Å². The molecule has 0 radical (unpaired) electrons. The Morgan fingerprint density at radius 3 is 2.65 bits per heavy atom. The molecular weight excluding hydrogens is 296 g/mol. The Hall–Kier alpha value is -3.42.